The summed E-state index contributed by atoms with van der Waals surface area (Å²) in [6.07, 6.45) is 5.39. The van der Waals surface area contributed by atoms with Gasteiger partial charge in [0, 0.05) is 13.2 Å². The Kier molecular flexibility index (Phi) is 4.22. The zero-order chi connectivity index (χ0) is 9.64. The standard InChI is InChI=1S/C11H21NO2/c1-3-10(7-12-5-1)8-13-9-11-4-2-6-14-11/h10-12H,1-9H2. The molecule has 0 aromatic carbocycles. The molecule has 0 bridgehead atoms. The first-order valence-corrected chi connectivity index (χ1v) is 5.85. The molecule has 0 spiro atoms. The van der Waals surface area contributed by atoms with Gasteiger partial charge in [0.25, 0.3) is 0 Å². The molecule has 0 saturated carbocycles. The van der Waals surface area contributed by atoms with Gasteiger partial charge in [0.15, 0.2) is 0 Å². The number of hydrogen-bond acceptors (Lipinski definition) is 3. The second kappa shape index (κ2) is 5.69. The molecule has 82 valence electrons. The highest BCUT2D eigenvalue weighted by atomic mass is 16.5. The number of nitrogens with one attached hydrogen (secondary N) is 1. The number of ether oxygens (including phenoxy) is 2. The first-order chi connectivity index (χ1) is 6.95. The largest absolute Gasteiger partial charge is 0.378 e. The lowest BCUT2D eigenvalue weighted by Gasteiger charge is -2.23. The third-order valence-corrected chi connectivity index (χ3v) is 3.08. The van der Waals surface area contributed by atoms with Crippen LogP contribution in [0.4, 0.5) is 0 Å². The van der Waals surface area contributed by atoms with Crippen LogP contribution in [-0.4, -0.2) is 39.0 Å². The summed E-state index contributed by atoms with van der Waals surface area (Å²) < 4.78 is 11.2. The van der Waals surface area contributed by atoms with Crippen LogP contribution in [0.1, 0.15) is 25.7 Å². The minimum Gasteiger partial charge on any atom is -0.378 e. The number of rotatable bonds is 4. The van der Waals surface area contributed by atoms with Crippen LogP contribution in [0.2, 0.25) is 0 Å². The topological polar surface area (TPSA) is 30.5 Å². The summed E-state index contributed by atoms with van der Waals surface area (Å²) in [7, 11) is 0. The molecule has 2 heterocycles. The summed E-state index contributed by atoms with van der Waals surface area (Å²) in [5.74, 6) is 0.727. The Bertz CT molecular complexity index is 151. The molecule has 2 aliphatic heterocycles. The van der Waals surface area contributed by atoms with Crippen molar-refractivity contribution < 1.29 is 9.47 Å². The molecule has 1 N–H and O–H groups in total. The van der Waals surface area contributed by atoms with Gasteiger partial charge in [-0.1, -0.05) is 0 Å². The molecule has 3 heteroatoms. The quantitative estimate of drug-likeness (QED) is 0.737. The zero-order valence-corrected chi connectivity index (χ0v) is 8.84. The number of piperidine rings is 1. The second-order valence-corrected chi connectivity index (χ2v) is 4.38. The van der Waals surface area contributed by atoms with Gasteiger partial charge < -0.3 is 14.8 Å². The fourth-order valence-corrected chi connectivity index (χ4v) is 2.21. The lowest BCUT2D eigenvalue weighted by Crippen LogP contribution is -2.33. The number of hydrogen-bond donors (Lipinski definition) is 1. The smallest absolute Gasteiger partial charge is 0.0809 e. The van der Waals surface area contributed by atoms with E-state index in [-0.39, 0.29) is 0 Å². The van der Waals surface area contributed by atoms with E-state index in [1.54, 1.807) is 0 Å². The average Bonchev–Trinajstić information content (AvgIpc) is 2.72. The van der Waals surface area contributed by atoms with Gasteiger partial charge >= 0.3 is 0 Å². The fourth-order valence-electron chi connectivity index (χ4n) is 2.21. The molecule has 0 aromatic rings. The average molecular weight is 199 g/mol. The van der Waals surface area contributed by atoms with Crippen LogP contribution < -0.4 is 5.32 Å². The van der Waals surface area contributed by atoms with E-state index in [2.05, 4.69) is 5.32 Å². The van der Waals surface area contributed by atoms with Crippen LogP contribution in [-0.2, 0) is 9.47 Å². The summed E-state index contributed by atoms with van der Waals surface area (Å²) in [6, 6.07) is 0. The molecule has 2 atom stereocenters. The van der Waals surface area contributed by atoms with Gasteiger partial charge in [0.1, 0.15) is 0 Å². The Labute approximate surface area is 86.2 Å². The minimum absolute atomic E-state index is 0.381. The normalized spacial score (nSPS) is 33.4. The fraction of sp³-hybridized carbons (Fsp3) is 1.00. The van der Waals surface area contributed by atoms with E-state index in [4.69, 9.17) is 9.47 Å². The van der Waals surface area contributed by atoms with Gasteiger partial charge in [-0.2, -0.15) is 0 Å². The minimum atomic E-state index is 0.381. The Hall–Kier alpha value is -0.120. The molecule has 0 aliphatic carbocycles. The first-order valence-electron chi connectivity index (χ1n) is 5.85. The lowest BCUT2D eigenvalue weighted by atomic mass is 10.0. The van der Waals surface area contributed by atoms with Crippen molar-refractivity contribution in [3.63, 3.8) is 0 Å². The molecule has 0 amide bonds. The van der Waals surface area contributed by atoms with Crippen LogP contribution in [0.15, 0.2) is 0 Å². The molecule has 0 radical (unpaired) electrons. The molecule has 2 aliphatic rings. The van der Waals surface area contributed by atoms with Crippen molar-refractivity contribution in [3.05, 3.63) is 0 Å². The molecule has 3 nitrogen and oxygen atoms in total. The monoisotopic (exact) mass is 199 g/mol. The maximum Gasteiger partial charge on any atom is 0.0809 e. The van der Waals surface area contributed by atoms with E-state index in [1.807, 2.05) is 0 Å². The molecular formula is C11H21NO2. The van der Waals surface area contributed by atoms with Crippen LogP contribution in [0.5, 0.6) is 0 Å². The molecule has 2 fully saturated rings. The molecule has 14 heavy (non-hydrogen) atoms. The van der Waals surface area contributed by atoms with E-state index >= 15 is 0 Å². The highest BCUT2D eigenvalue weighted by Gasteiger charge is 2.17. The van der Waals surface area contributed by atoms with Crippen molar-refractivity contribution >= 4 is 0 Å². The van der Waals surface area contributed by atoms with Gasteiger partial charge in [-0.3, -0.25) is 0 Å². The van der Waals surface area contributed by atoms with Crippen molar-refractivity contribution in [2.45, 2.75) is 31.8 Å². The Balaban J connectivity index is 1.52. The summed E-state index contributed by atoms with van der Waals surface area (Å²) in [4.78, 5) is 0. The predicted molar refractivity (Wildman–Crippen MR) is 55.4 cm³/mol. The van der Waals surface area contributed by atoms with Crippen LogP contribution in [0.25, 0.3) is 0 Å². The van der Waals surface area contributed by atoms with Crippen molar-refractivity contribution in [1.29, 1.82) is 0 Å². The first kappa shape index (κ1) is 10.4. The molecule has 2 saturated heterocycles. The van der Waals surface area contributed by atoms with Gasteiger partial charge in [-0.25, -0.2) is 0 Å². The third-order valence-electron chi connectivity index (χ3n) is 3.08. The summed E-state index contributed by atoms with van der Waals surface area (Å²) in [6.45, 7) is 4.95. The second-order valence-electron chi connectivity index (χ2n) is 4.38. The van der Waals surface area contributed by atoms with Gasteiger partial charge in [-0.05, 0) is 38.1 Å². The maximum atomic E-state index is 5.69. The SMILES string of the molecule is C1CNCC(COCC2CCCO2)C1. The van der Waals surface area contributed by atoms with E-state index < -0.39 is 0 Å². The summed E-state index contributed by atoms with van der Waals surface area (Å²) in [5.41, 5.74) is 0. The van der Waals surface area contributed by atoms with Crippen molar-refractivity contribution in [1.82, 2.24) is 5.32 Å². The Morgan fingerprint density at radius 3 is 2.93 bits per heavy atom. The highest BCUT2D eigenvalue weighted by Crippen LogP contribution is 2.14. The summed E-state index contributed by atoms with van der Waals surface area (Å²) >= 11 is 0. The third kappa shape index (κ3) is 3.23. The van der Waals surface area contributed by atoms with Crippen molar-refractivity contribution in [3.8, 4) is 0 Å². The molecule has 0 aromatic heterocycles. The van der Waals surface area contributed by atoms with Gasteiger partial charge in [-0.15, -0.1) is 0 Å². The van der Waals surface area contributed by atoms with E-state index in [1.165, 1.54) is 32.2 Å². The zero-order valence-electron chi connectivity index (χ0n) is 8.84. The van der Waals surface area contributed by atoms with Crippen LogP contribution in [0, 0.1) is 5.92 Å². The van der Waals surface area contributed by atoms with Crippen molar-refractivity contribution in [2.75, 3.05) is 32.9 Å². The van der Waals surface area contributed by atoms with Gasteiger partial charge in [0.2, 0.25) is 0 Å². The lowest BCUT2D eigenvalue weighted by molar-refractivity contribution is 0.00268. The Morgan fingerprint density at radius 1 is 1.21 bits per heavy atom. The van der Waals surface area contributed by atoms with Gasteiger partial charge in [0.05, 0.1) is 19.3 Å². The molecule has 2 rings (SSSR count). The predicted octanol–water partition coefficient (Wildman–Crippen LogP) is 1.18. The van der Waals surface area contributed by atoms with E-state index in [9.17, 15) is 0 Å². The molecular weight excluding hydrogens is 178 g/mol. The van der Waals surface area contributed by atoms with Crippen LogP contribution in [0.3, 0.4) is 0 Å². The maximum absolute atomic E-state index is 5.69. The van der Waals surface area contributed by atoms with Crippen LogP contribution >= 0.6 is 0 Å². The van der Waals surface area contributed by atoms with E-state index in [0.717, 1.165) is 32.3 Å². The van der Waals surface area contributed by atoms with Crippen molar-refractivity contribution in [2.24, 2.45) is 5.92 Å². The Morgan fingerprint density at radius 2 is 2.21 bits per heavy atom. The van der Waals surface area contributed by atoms with E-state index in [0.29, 0.717) is 6.10 Å². The summed E-state index contributed by atoms with van der Waals surface area (Å²) in [5, 5.41) is 3.40. The molecule has 2 unspecified atom stereocenters. The highest BCUT2D eigenvalue weighted by molar-refractivity contribution is 4.69.